The van der Waals surface area contributed by atoms with E-state index in [1.165, 1.54) is 12.8 Å². The number of nitrogens with zero attached hydrogens (tertiary/aromatic N) is 6. The molecule has 0 radical (unpaired) electrons. The molecule has 2 unspecified atom stereocenters. The Kier molecular flexibility index (Phi) is 13.7. The molecular weight excluding hydrogens is 793 g/mol. The topological polar surface area (TPSA) is 149 Å². The van der Waals surface area contributed by atoms with Crippen molar-refractivity contribution in [3.63, 3.8) is 0 Å². The molecule has 10 heteroatoms. The van der Waals surface area contributed by atoms with Crippen LogP contribution in [0.2, 0.25) is 0 Å². The van der Waals surface area contributed by atoms with Crippen LogP contribution in [0, 0.1) is 34.5 Å². The summed E-state index contributed by atoms with van der Waals surface area (Å²) in [6.45, 7) is 10.2. The third kappa shape index (κ3) is 9.23. The molecule has 0 spiro atoms. The second kappa shape index (κ2) is 20.3. The van der Waals surface area contributed by atoms with E-state index in [0.29, 0.717) is 80.7 Å². The molecule has 4 aromatic carbocycles. The summed E-state index contributed by atoms with van der Waals surface area (Å²) in [5, 5.41) is 24.7. The number of nitrogens with one attached hydrogen (secondary N) is 2. The van der Waals surface area contributed by atoms with Crippen molar-refractivity contribution in [2.24, 2.45) is 11.8 Å². The van der Waals surface area contributed by atoms with Gasteiger partial charge in [0.25, 0.3) is 0 Å². The van der Waals surface area contributed by atoms with Gasteiger partial charge in [0.2, 0.25) is 0 Å². The van der Waals surface area contributed by atoms with E-state index in [2.05, 4.69) is 59.8 Å². The molecule has 0 aliphatic rings. The molecule has 8 aromatic rings. The van der Waals surface area contributed by atoms with Gasteiger partial charge in [-0.25, -0.2) is 9.97 Å². The maximum Gasteiger partial charge on any atom is 0.119 e. The molecule has 10 nitrogen and oxygen atoms in total. The number of hydrogen-bond donors (Lipinski definition) is 2. The van der Waals surface area contributed by atoms with E-state index in [0.717, 1.165) is 83.0 Å². The van der Waals surface area contributed by atoms with Gasteiger partial charge in [0, 0.05) is 10.8 Å². The van der Waals surface area contributed by atoms with Crippen LogP contribution in [0.5, 0.6) is 11.5 Å². The average Bonchev–Trinajstić information content (AvgIpc) is 3.92. The Morgan fingerprint density at radius 3 is 1.30 bits per heavy atom. The standard InChI is InChI=1S/C54H54N8O2/c1-5-9-15-35(7-3)33-63-39-25-21-37(22-26-39)51-49-50(54(61-51)42(30-56)48-32-58-44-18-12-14-20-46(44)60-48)52(38-23-27-40(28-24-38)64-34-36(8-4)16-10-6-2)62-53(49)41(29-55)47-31-57-43-17-11-13-19-45(43)59-47/h11-14,17-28,31-32,35-36,61-62H,5-10,15-16,33-34H2,1-4H3/b53-41-,54-42-. The van der Waals surface area contributed by atoms with Gasteiger partial charge in [-0.05, 0) is 109 Å². The number of hydrogen-bond acceptors (Lipinski definition) is 8. The minimum atomic E-state index is 0.306. The van der Waals surface area contributed by atoms with Gasteiger partial charge in [0.05, 0.1) is 69.8 Å². The minimum Gasteiger partial charge on any atom is -0.493 e. The number of benzene rings is 4. The van der Waals surface area contributed by atoms with Crippen molar-refractivity contribution in [2.75, 3.05) is 13.2 Å². The summed E-state index contributed by atoms with van der Waals surface area (Å²) in [7, 11) is 0. The van der Waals surface area contributed by atoms with E-state index in [-0.39, 0.29) is 0 Å². The summed E-state index contributed by atoms with van der Waals surface area (Å²) in [5.41, 5.74) is 7.36. The van der Waals surface area contributed by atoms with Gasteiger partial charge in [0.15, 0.2) is 0 Å². The van der Waals surface area contributed by atoms with Crippen molar-refractivity contribution in [1.29, 1.82) is 10.5 Å². The van der Waals surface area contributed by atoms with Crippen LogP contribution in [0.1, 0.15) is 90.4 Å². The van der Waals surface area contributed by atoms with Crippen LogP contribution in [-0.2, 0) is 0 Å². The van der Waals surface area contributed by atoms with E-state index in [9.17, 15) is 10.5 Å². The van der Waals surface area contributed by atoms with Crippen LogP contribution in [0.4, 0.5) is 0 Å². The number of rotatable bonds is 18. The first-order chi connectivity index (χ1) is 31.5. The van der Waals surface area contributed by atoms with Crippen molar-refractivity contribution in [3.05, 3.63) is 132 Å². The Morgan fingerprint density at radius 2 is 0.938 bits per heavy atom. The Balaban J connectivity index is 1.37. The highest BCUT2D eigenvalue weighted by Crippen LogP contribution is 2.34. The first kappa shape index (κ1) is 43.4. The molecular formula is C54H54N8O2. The molecule has 64 heavy (non-hydrogen) atoms. The first-order valence-corrected chi connectivity index (χ1v) is 22.7. The predicted octanol–water partition coefficient (Wildman–Crippen LogP) is 11.4. The Morgan fingerprint density at radius 1 is 0.547 bits per heavy atom. The fourth-order valence-electron chi connectivity index (χ4n) is 8.36. The number of ether oxygens (including phenoxy) is 2. The molecule has 0 amide bonds. The molecule has 322 valence electrons. The lowest BCUT2D eigenvalue weighted by Gasteiger charge is -2.15. The zero-order valence-electron chi connectivity index (χ0n) is 37.1. The van der Waals surface area contributed by atoms with Gasteiger partial charge in [0.1, 0.15) is 46.2 Å². The minimum absolute atomic E-state index is 0.306. The van der Waals surface area contributed by atoms with E-state index < -0.39 is 0 Å². The lowest BCUT2D eigenvalue weighted by molar-refractivity contribution is 0.233. The number of nitriles is 2. The Bertz CT molecular complexity index is 2890. The molecule has 0 aliphatic heterocycles. The van der Waals surface area contributed by atoms with Crippen molar-refractivity contribution >= 4 is 44.0 Å². The summed E-state index contributed by atoms with van der Waals surface area (Å²) >= 11 is 0. The second-order valence-corrected chi connectivity index (χ2v) is 16.5. The summed E-state index contributed by atoms with van der Waals surface area (Å²) < 4.78 is 12.7. The maximum absolute atomic E-state index is 11.1. The highest BCUT2D eigenvalue weighted by atomic mass is 16.5. The van der Waals surface area contributed by atoms with Crippen LogP contribution in [-0.4, -0.2) is 43.1 Å². The lowest BCUT2D eigenvalue weighted by atomic mass is 10.0. The summed E-state index contributed by atoms with van der Waals surface area (Å²) in [6, 6.07) is 36.2. The van der Waals surface area contributed by atoms with Gasteiger partial charge in [-0.15, -0.1) is 0 Å². The van der Waals surface area contributed by atoms with Gasteiger partial charge in [-0.1, -0.05) is 90.5 Å². The SMILES string of the molecule is CCCCC(CC)COc1ccc(-c2[nH]/c(=C(/C#N)c3cnc4ccccc4n3)c3c(-c4ccc(OCC(CC)CCCC)cc4)[nH]/c(=C(/C#N)c4cnc5ccccc5n4)c23)cc1. The fourth-order valence-corrected chi connectivity index (χ4v) is 8.36. The van der Waals surface area contributed by atoms with E-state index in [1.54, 1.807) is 12.4 Å². The number of aromatic amines is 2. The number of para-hydroxylation sites is 4. The summed E-state index contributed by atoms with van der Waals surface area (Å²) in [5.74, 6) is 2.53. The van der Waals surface area contributed by atoms with Crippen LogP contribution in [0.3, 0.4) is 0 Å². The Hall–Kier alpha value is -7.30. The Labute approximate surface area is 374 Å². The van der Waals surface area contributed by atoms with Crippen molar-refractivity contribution in [2.45, 2.75) is 79.1 Å². The number of aromatic nitrogens is 6. The van der Waals surface area contributed by atoms with Crippen LogP contribution >= 0.6 is 0 Å². The number of H-pyrrole nitrogens is 2. The van der Waals surface area contributed by atoms with Crippen LogP contribution in [0.25, 0.3) is 66.5 Å². The zero-order chi connectivity index (χ0) is 44.4. The molecule has 0 fully saturated rings. The fraction of sp³-hybridized carbons (Fsp3) is 0.296. The molecule has 0 bridgehead atoms. The summed E-state index contributed by atoms with van der Waals surface area (Å²) in [6.07, 6.45) is 12.4. The molecule has 2 N–H and O–H groups in total. The van der Waals surface area contributed by atoms with Crippen molar-refractivity contribution in [1.82, 2.24) is 29.9 Å². The lowest BCUT2D eigenvalue weighted by Crippen LogP contribution is -2.12. The highest BCUT2D eigenvalue weighted by Gasteiger charge is 2.24. The van der Waals surface area contributed by atoms with Crippen LogP contribution < -0.4 is 20.2 Å². The third-order valence-electron chi connectivity index (χ3n) is 12.2. The normalized spacial score (nSPS) is 13.3. The summed E-state index contributed by atoms with van der Waals surface area (Å²) in [4.78, 5) is 26.6. The molecule has 4 heterocycles. The third-order valence-corrected chi connectivity index (χ3v) is 12.2. The predicted molar refractivity (Wildman–Crippen MR) is 256 cm³/mol. The largest absolute Gasteiger partial charge is 0.493 e. The van der Waals surface area contributed by atoms with Gasteiger partial charge >= 0.3 is 0 Å². The van der Waals surface area contributed by atoms with E-state index >= 15 is 0 Å². The molecule has 0 aliphatic carbocycles. The average molecular weight is 847 g/mol. The maximum atomic E-state index is 11.1. The molecule has 8 rings (SSSR count). The first-order valence-electron chi connectivity index (χ1n) is 22.7. The molecule has 0 saturated carbocycles. The van der Waals surface area contributed by atoms with Crippen LogP contribution in [0.15, 0.2) is 109 Å². The quantitative estimate of drug-likeness (QED) is 0.0867. The van der Waals surface area contributed by atoms with Gasteiger partial charge in [-0.3, -0.25) is 9.97 Å². The van der Waals surface area contributed by atoms with Gasteiger partial charge < -0.3 is 19.4 Å². The van der Waals surface area contributed by atoms with E-state index in [4.69, 9.17) is 19.4 Å². The second-order valence-electron chi connectivity index (χ2n) is 16.5. The van der Waals surface area contributed by atoms with E-state index in [1.807, 2.05) is 97.1 Å². The van der Waals surface area contributed by atoms with Crippen molar-refractivity contribution in [3.8, 4) is 46.2 Å². The van der Waals surface area contributed by atoms with Gasteiger partial charge in [-0.2, -0.15) is 10.5 Å². The molecule has 2 atom stereocenters. The molecule has 0 saturated heterocycles. The zero-order valence-corrected chi connectivity index (χ0v) is 37.1. The van der Waals surface area contributed by atoms with Crippen molar-refractivity contribution < 1.29 is 9.47 Å². The number of fused-ring (bicyclic) bond motifs is 3. The highest BCUT2D eigenvalue weighted by molar-refractivity contribution is 6.07. The smallest absolute Gasteiger partial charge is 0.119 e. The molecule has 4 aromatic heterocycles. The monoisotopic (exact) mass is 846 g/mol. The number of unbranched alkanes of at least 4 members (excludes halogenated alkanes) is 2.